The third-order valence-corrected chi connectivity index (χ3v) is 2.32. The van der Waals surface area contributed by atoms with Crippen LogP contribution < -0.4 is 11.1 Å². The minimum Gasteiger partial charge on any atom is -0.452 e. The Morgan fingerprint density at radius 3 is 2.65 bits per heavy atom. The zero-order chi connectivity index (χ0) is 15.1. The number of amides is 2. The first kappa shape index (κ1) is 15.8. The summed E-state index contributed by atoms with van der Waals surface area (Å²) in [4.78, 5) is 33.9. The van der Waals surface area contributed by atoms with Crippen LogP contribution in [0, 0.1) is 0 Å². The molecule has 0 heterocycles. The number of imide groups is 1. The fourth-order valence-electron chi connectivity index (χ4n) is 1.23. The molecule has 0 spiro atoms. The highest BCUT2D eigenvalue weighted by atomic mass is 35.5. The van der Waals surface area contributed by atoms with Gasteiger partial charge in [0, 0.05) is 10.7 Å². The summed E-state index contributed by atoms with van der Waals surface area (Å²) < 4.78 is 9.20. The van der Waals surface area contributed by atoms with Crippen molar-refractivity contribution in [2.24, 2.45) is 0 Å². The number of carbonyl (C=O) groups excluding carboxylic acids is 3. The first-order chi connectivity index (χ1) is 9.43. The van der Waals surface area contributed by atoms with E-state index in [0.29, 0.717) is 5.02 Å². The van der Waals surface area contributed by atoms with Gasteiger partial charge in [-0.3, -0.25) is 10.1 Å². The molecule has 3 N–H and O–H groups in total. The predicted octanol–water partition coefficient (Wildman–Crippen LogP) is 1.35. The van der Waals surface area contributed by atoms with Crippen LogP contribution in [0.25, 0.3) is 0 Å². The molecule has 0 aliphatic heterocycles. The van der Waals surface area contributed by atoms with Crippen LogP contribution >= 0.6 is 11.6 Å². The van der Waals surface area contributed by atoms with E-state index in [1.54, 1.807) is 6.92 Å². The molecule has 0 unspecified atom stereocenters. The van der Waals surface area contributed by atoms with E-state index in [4.69, 9.17) is 22.1 Å². The molecule has 0 aliphatic carbocycles. The van der Waals surface area contributed by atoms with Crippen molar-refractivity contribution in [3.8, 4) is 0 Å². The fraction of sp³-hybridized carbons (Fsp3) is 0.250. The Bertz CT molecular complexity index is 533. The number of anilines is 1. The molecule has 108 valence electrons. The minimum atomic E-state index is -0.907. The molecule has 7 nitrogen and oxygen atoms in total. The van der Waals surface area contributed by atoms with Gasteiger partial charge in [-0.2, -0.15) is 0 Å². The maximum absolute atomic E-state index is 11.7. The number of alkyl carbamates (subject to hydrolysis) is 1. The summed E-state index contributed by atoms with van der Waals surface area (Å²) >= 11 is 5.72. The van der Waals surface area contributed by atoms with E-state index in [2.05, 4.69) is 4.74 Å². The molecular formula is C12H13ClN2O5. The van der Waals surface area contributed by atoms with Crippen LogP contribution in [0.4, 0.5) is 10.5 Å². The quantitative estimate of drug-likeness (QED) is 0.642. The molecule has 0 aliphatic rings. The van der Waals surface area contributed by atoms with Gasteiger partial charge in [-0.05, 0) is 25.1 Å². The Labute approximate surface area is 120 Å². The molecule has 2 amide bonds. The van der Waals surface area contributed by atoms with Gasteiger partial charge in [0.15, 0.2) is 6.61 Å². The van der Waals surface area contributed by atoms with Crippen molar-refractivity contribution < 1.29 is 23.9 Å². The van der Waals surface area contributed by atoms with E-state index < -0.39 is 24.6 Å². The molecule has 0 saturated heterocycles. The topological polar surface area (TPSA) is 108 Å². The second-order valence-corrected chi connectivity index (χ2v) is 4.01. The zero-order valence-corrected chi connectivity index (χ0v) is 11.4. The first-order valence-electron chi connectivity index (χ1n) is 5.62. The molecule has 1 aromatic rings. The summed E-state index contributed by atoms with van der Waals surface area (Å²) in [6, 6.07) is 4.28. The normalized spacial score (nSPS) is 9.70. The molecule has 1 rings (SSSR count). The van der Waals surface area contributed by atoms with Crippen LogP contribution in [0.15, 0.2) is 18.2 Å². The molecule has 8 heteroatoms. The summed E-state index contributed by atoms with van der Waals surface area (Å²) in [5.74, 6) is -1.62. The lowest BCUT2D eigenvalue weighted by atomic mass is 10.2. The number of nitrogens with two attached hydrogens (primary N) is 1. The SMILES string of the molecule is CCOC(=O)NC(=O)COC(=O)c1cc(Cl)ccc1N. The number of carbonyl (C=O) groups is 3. The van der Waals surface area contributed by atoms with Gasteiger partial charge < -0.3 is 15.2 Å². The molecule has 1 aromatic carbocycles. The van der Waals surface area contributed by atoms with Crippen molar-refractivity contribution in [3.05, 3.63) is 28.8 Å². The van der Waals surface area contributed by atoms with Gasteiger partial charge in [-0.15, -0.1) is 0 Å². The van der Waals surface area contributed by atoms with Crippen LogP contribution in [-0.2, 0) is 14.3 Å². The van der Waals surface area contributed by atoms with Gasteiger partial charge in [-0.1, -0.05) is 11.6 Å². The Kier molecular flexibility index (Phi) is 5.79. The number of hydrogen-bond acceptors (Lipinski definition) is 6. The number of esters is 1. The van der Waals surface area contributed by atoms with Gasteiger partial charge >= 0.3 is 12.1 Å². The average molecular weight is 301 g/mol. The lowest BCUT2D eigenvalue weighted by Crippen LogP contribution is -2.34. The number of hydrogen-bond donors (Lipinski definition) is 2. The fourth-order valence-corrected chi connectivity index (χ4v) is 1.40. The summed E-state index contributed by atoms with van der Waals surface area (Å²) in [7, 11) is 0. The van der Waals surface area contributed by atoms with Gasteiger partial charge in [-0.25, -0.2) is 9.59 Å². The Balaban J connectivity index is 2.53. The van der Waals surface area contributed by atoms with E-state index in [1.165, 1.54) is 18.2 Å². The largest absolute Gasteiger partial charge is 0.452 e. The standard InChI is InChI=1S/C12H13ClN2O5/c1-2-19-12(18)15-10(16)6-20-11(17)8-5-7(13)3-4-9(8)14/h3-5H,2,6,14H2,1H3,(H,15,16,18). The molecule has 0 radical (unpaired) electrons. The van der Waals surface area contributed by atoms with Crippen LogP contribution in [0.2, 0.25) is 5.02 Å². The van der Waals surface area contributed by atoms with Crippen molar-refractivity contribution in [1.29, 1.82) is 0 Å². The van der Waals surface area contributed by atoms with Crippen LogP contribution in [0.1, 0.15) is 17.3 Å². The first-order valence-corrected chi connectivity index (χ1v) is 6.00. The van der Waals surface area contributed by atoms with Crippen LogP contribution in [0.5, 0.6) is 0 Å². The maximum atomic E-state index is 11.7. The van der Waals surface area contributed by atoms with E-state index in [1.807, 2.05) is 5.32 Å². The Hall–Kier alpha value is -2.28. The molecule has 0 bridgehead atoms. The predicted molar refractivity (Wildman–Crippen MR) is 71.3 cm³/mol. The zero-order valence-electron chi connectivity index (χ0n) is 10.6. The number of halogens is 1. The van der Waals surface area contributed by atoms with E-state index >= 15 is 0 Å². The van der Waals surface area contributed by atoms with E-state index in [9.17, 15) is 14.4 Å². The van der Waals surface area contributed by atoms with Crippen LogP contribution in [0.3, 0.4) is 0 Å². The number of benzene rings is 1. The molecule has 0 saturated carbocycles. The number of nitrogen functional groups attached to an aromatic ring is 1. The molecule has 0 atom stereocenters. The highest BCUT2D eigenvalue weighted by molar-refractivity contribution is 6.31. The average Bonchev–Trinajstić information content (AvgIpc) is 2.39. The van der Waals surface area contributed by atoms with E-state index in [-0.39, 0.29) is 17.9 Å². The second-order valence-electron chi connectivity index (χ2n) is 3.58. The summed E-state index contributed by atoms with van der Waals surface area (Å²) in [5.41, 5.74) is 5.80. The maximum Gasteiger partial charge on any atom is 0.413 e. The van der Waals surface area contributed by atoms with Crippen molar-refractivity contribution in [3.63, 3.8) is 0 Å². The van der Waals surface area contributed by atoms with Gasteiger partial charge in [0.1, 0.15) is 0 Å². The third-order valence-electron chi connectivity index (χ3n) is 2.09. The smallest absolute Gasteiger partial charge is 0.413 e. The highest BCUT2D eigenvalue weighted by Gasteiger charge is 2.15. The van der Waals surface area contributed by atoms with Crippen LogP contribution in [-0.4, -0.2) is 31.2 Å². The molecule has 20 heavy (non-hydrogen) atoms. The van der Waals surface area contributed by atoms with Crippen molar-refractivity contribution in [2.45, 2.75) is 6.92 Å². The van der Waals surface area contributed by atoms with Crippen molar-refractivity contribution in [2.75, 3.05) is 18.9 Å². The highest BCUT2D eigenvalue weighted by Crippen LogP contribution is 2.18. The number of rotatable bonds is 4. The summed E-state index contributed by atoms with van der Waals surface area (Å²) in [6.45, 7) is 1.08. The molecule has 0 fully saturated rings. The third kappa shape index (κ3) is 4.77. The minimum absolute atomic E-state index is 0.0430. The lowest BCUT2D eigenvalue weighted by molar-refractivity contribution is -0.123. The van der Waals surface area contributed by atoms with Gasteiger partial charge in [0.2, 0.25) is 0 Å². The van der Waals surface area contributed by atoms with Crippen molar-refractivity contribution >= 4 is 35.3 Å². The molecule has 0 aromatic heterocycles. The number of ether oxygens (including phenoxy) is 2. The molecular weight excluding hydrogens is 288 g/mol. The summed E-state index contributed by atoms with van der Waals surface area (Å²) in [5, 5.41) is 2.19. The lowest BCUT2D eigenvalue weighted by Gasteiger charge is -2.07. The Morgan fingerprint density at radius 2 is 2.00 bits per heavy atom. The monoisotopic (exact) mass is 300 g/mol. The Morgan fingerprint density at radius 1 is 1.30 bits per heavy atom. The number of nitrogens with one attached hydrogen (secondary N) is 1. The van der Waals surface area contributed by atoms with E-state index in [0.717, 1.165) is 0 Å². The second kappa shape index (κ2) is 7.34. The van der Waals surface area contributed by atoms with Gasteiger partial charge in [0.25, 0.3) is 5.91 Å². The summed E-state index contributed by atoms with van der Waals surface area (Å²) in [6.07, 6.45) is -0.907. The van der Waals surface area contributed by atoms with Crippen molar-refractivity contribution in [1.82, 2.24) is 5.32 Å². The van der Waals surface area contributed by atoms with Gasteiger partial charge in [0.05, 0.1) is 12.2 Å².